The van der Waals surface area contributed by atoms with Crippen molar-refractivity contribution < 1.29 is 22.5 Å². The minimum Gasteiger partial charge on any atom is -0.395 e. The number of hydrogen-bond donors (Lipinski definition) is 3. The molecule has 3 N–H and O–H groups in total. The largest absolute Gasteiger partial charge is 0.395 e. The topological polar surface area (TPSA) is 115 Å². The zero-order chi connectivity index (χ0) is 24.7. The number of amides is 1. The second-order valence-corrected chi connectivity index (χ2v) is 10.9. The molecule has 2 aromatic carbocycles. The van der Waals surface area contributed by atoms with Crippen molar-refractivity contribution in [3.63, 3.8) is 0 Å². The third-order valence-corrected chi connectivity index (χ3v) is 7.18. The number of carbonyl (C=O) groups excluding carboxylic acids is 1. The van der Waals surface area contributed by atoms with Crippen molar-refractivity contribution in [2.75, 3.05) is 45.6 Å². The highest BCUT2D eigenvalue weighted by Gasteiger charge is 2.30. The summed E-state index contributed by atoms with van der Waals surface area (Å²) in [6.07, 6.45) is 1.00. The fraction of sp³-hybridized carbons (Fsp3) is 0.400. The zero-order valence-corrected chi connectivity index (χ0v) is 20.7. The van der Waals surface area contributed by atoms with Gasteiger partial charge in [-0.3, -0.25) is 14.6 Å². The van der Waals surface area contributed by atoms with Crippen LogP contribution in [0.15, 0.2) is 30.3 Å². The standard InChI is InChI=1S/C25H30N4O5S/c1-16-11-19(23-20(14-26-25(23)31)24(16)34-35(2,32)33)22-13-18-12-17(3-4-21(18)27-22)15-29-7-5-28(6-8-29)9-10-30/h3-4,11-13,27,30H,5-10,14-15H2,1-2H3,(H,26,31). The zero-order valence-electron chi connectivity index (χ0n) is 19.9. The predicted octanol–water partition coefficient (Wildman–Crippen LogP) is 1.84. The second kappa shape index (κ2) is 9.27. The van der Waals surface area contributed by atoms with E-state index in [9.17, 15) is 13.2 Å². The highest BCUT2D eigenvalue weighted by molar-refractivity contribution is 7.86. The molecule has 186 valence electrons. The highest BCUT2D eigenvalue weighted by Crippen LogP contribution is 2.39. The minimum absolute atomic E-state index is 0.199. The Labute approximate surface area is 204 Å². The summed E-state index contributed by atoms with van der Waals surface area (Å²) in [6.45, 7) is 7.66. The number of aromatic nitrogens is 1. The van der Waals surface area contributed by atoms with Gasteiger partial charge in [0.2, 0.25) is 0 Å². The molecule has 1 saturated heterocycles. The third-order valence-electron chi connectivity index (χ3n) is 6.71. The number of carbonyl (C=O) groups is 1. The number of H-pyrrole nitrogens is 1. The number of aryl methyl sites for hydroxylation is 1. The quantitative estimate of drug-likeness (QED) is 0.426. The molecule has 1 fully saturated rings. The molecular weight excluding hydrogens is 468 g/mol. The molecule has 0 unspecified atom stereocenters. The minimum atomic E-state index is -3.72. The van der Waals surface area contributed by atoms with E-state index in [1.165, 1.54) is 5.56 Å². The fourth-order valence-electron chi connectivity index (χ4n) is 5.03. The van der Waals surface area contributed by atoms with Gasteiger partial charge in [0.05, 0.1) is 18.4 Å². The van der Waals surface area contributed by atoms with E-state index in [0.717, 1.165) is 67.7 Å². The molecule has 35 heavy (non-hydrogen) atoms. The Bertz CT molecular complexity index is 1390. The molecule has 2 aliphatic rings. The lowest BCUT2D eigenvalue weighted by molar-refractivity contribution is 0.0966. The Hall–Kier alpha value is -2.92. The van der Waals surface area contributed by atoms with E-state index >= 15 is 0 Å². The molecule has 10 heteroatoms. The average Bonchev–Trinajstić information content (AvgIpc) is 3.40. The second-order valence-electron chi connectivity index (χ2n) is 9.34. The molecule has 0 atom stereocenters. The van der Waals surface area contributed by atoms with Crippen molar-refractivity contribution in [2.45, 2.75) is 20.0 Å². The summed E-state index contributed by atoms with van der Waals surface area (Å²) in [5.74, 6) is -0.0184. The number of rotatable bonds is 7. The number of nitrogens with one attached hydrogen (secondary N) is 2. The molecule has 0 radical (unpaired) electrons. The molecular formula is C25H30N4O5S. The lowest BCUT2D eigenvalue weighted by Crippen LogP contribution is -2.46. The van der Waals surface area contributed by atoms with Crippen molar-refractivity contribution in [3.05, 3.63) is 52.6 Å². The van der Waals surface area contributed by atoms with Crippen LogP contribution < -0.4 is 9.50 Å². The molecule has 1 aromatic heterocycles. The van der Waals surface area contributed by atoms with E-state index in [-0.39, 0.29) is 24.8 Å². The van der Waals surface area contributed by atoms with Gasteiger partial charge in [-0.05, 0) is 42.3 Å². The van der Waals surface area contributed by atoms with E-state index in [4.69, 9.17) is 9.29 Å². The van der Waals surface area contributed by atoms with Crippen LogP contribution in [0.1, 0.15) is 27.0 Å². The van der Waals surface area contributed by atoms with Gasteiger partial charge >= 0.3 is 10.1 Å². The van der Waals surface area contributed by atoms with Gasteiger partial charge in [-0.1, -0.05) is 6.07 Å². The van der Waals surface area contributed by atoms with Gasteiger partial charge in [-0.15, -0.1) is 0 Å². The van der Waals surface area contributed by atoms with Crippen LogP contribution >= 0.6 is 0 Å². The van der Waals surface area contributed by atoms with E-state index in [2.05, 4.69) is 38.3 Å². The lowest BCUT2D eigenvalue weighted by atomic mass is 9.96. The first-order chi connectivity index (χ1) is 16.7. The van der Waals surface area contributed by atoms with Crippen molar-refractivity contribution in [1.82, 2.24) is 20.1 Å². The molecule has 0 aliphatic carbocycles. The molecule has 2 aliphatic heterocycles. The molecule has 0 saturated carbocycles. The number of piperazine rings is 1. The summed E-state index contributed by atoms with van der Waals surface area (Å²) in [4.78, 5) is 20.8. The average molecular weight is 499 g/mol. The number of nitrogens with zero attached hydrogens (tertiary/aromatic N) is 2. The van der Waals surface area contributed by atoms with E-state index in [0.29, 0.717) is 16.7 Å². The van der Waals surface area contributed by atoms with Gasteiger partial charge in [0.25, 0.3) is 5.91 Å². The first-order valence-corrected chi connectivity index (χ1v) is 13.5. The molecule has 0 bridgehead atoms. The maximum absolute atomic E-state index is 12.7. The maximum atomic E-state index is 12.7. The molecule has 0 spiro atoms. The number of aromatic amines is 1. The van der Waals surface area contributed by atoms with Gasteiger partial charge in [0.1, 0.15) is 0 Å². The number of benzene rings is 2. The van der Waals surface area contributed by atoms with E-state index in [1.807, 2.05) is 12.1 Å². The summed E-state index contributed by atoms with van der Waals surface area (Å²) in [5, 5.41) is 13.0. The normalized spacial score (nSPS) is 17.1. The highest BCUT2D eigenvalue weighted by atomic mass is 32.2. The van der Waals surface area contributed by atoms with Gasteiger partial charge < -0.3 is 19.6 Å². The summed E-state index contributed by atoms with van der Waals surface area (Å²) in [5.41, 5.74) is 5.38. The van der Waals surface area contributed by atoms with E-state index in [1.54, 1.807) is 6.92 Å². The van der Waals surface area contributed by atoms with Crippen molar-refractivity contribution in [1.29, 1.82) is 0 Å². The lowest BCUT2D eigenvalue weighted by Gasteiger charge is -2.34. The number of fused-ring (bicyclic) bond motifs is 2. The van der Waals surface area contributed by atoms with Gasteiger partial charge in [-0.2, -0.15) is 8.42 Å². The third kappa shape index (κ3) is 4.92. The molecule has 3 aromatic rings. The maximum Gasteiger partial charge on any atom is 0.306 e. The monoisotopic (exact) mass is 498 g/mol. The summed E-state index contributed by atoms with van der Waals surface area (Å²) in [7, 11) is -3.72. The van der Waals surface area contributed by atoms with Gasteiger partial charge in [0, 0.05) is 73.5 Å². The Balaban J connectivity index is 1.44. The van der Waals surface area contributed by atoms with Crippen molar-refractivity contribution in [2.24, 2.45) is 0 Å². The molecule has 3 heterocycles. The number of aliphatic hydroxyl groups is 1. The number of β-amino-alcohol motifs (C(OH)–C–C–N with tert-alkyl or cyclic N) is 1. The Morgan fingerprint density at radius 1 is 1.09 bits per heavy atom. The first-order valence-electron chi connectivity index (χ1n) is 11.7. The Morgan fingerprint density at radius 3 is 2.54 bits per heavy atom. The van der Waals surface area contributed by atoms with Crippen LogP contribution in [0.2, 0.25) is 0 Å². The first kappa shape index (κ1) is 23.8. The number of hydrogen-bond acceptors (Lipinski definition) is 7. The molecule has 5 rings (SSSR count). The molecule has 9 nitrogen and oxygen atoms in total. The van der Waals surface area contributed by atoms with Crippen molar-refractivity contribution >= 4 is 26.9 Å². The van der Waals surface area contributed by atoms with Crippen LogP contribution in [0.4, 0.5) is 0 Å². The predicted molar refractivity (Wildman–Crippen MR) is 134 cm³/mol. The van der Waals surface area contributed by atoms with E-state index < -0.39 is 10.1 Å². The number of aliphatic hydroxyl groups excluding tert-OH is 1. The van der Waals surface area contributed by atoms with Crippen LogP contribution in [0.5, 0.6) is 5.75 Å². The SMILES string of the molecule is Cc1cc(-c2cc3cc(CN4CCN(CCO)CC4)ccc3[nH]2)c2c(c1OS(C)(=O)=O)CNC2=O. The summed E-state index contributed by atoms with van der Waals surface area (Å²) < 4.78 is 28.8. The summed E-state index contributed by atoms with van der Waals surface area (Å²) in [6, 6.07) is 10.2. The van der Waals surface area contributed by atoms with Gasteiger partial charge in [-0.25, -0.2) is 0 Å². The van der Waals surface area contributed by atoms with Crippen LogP contribution in [0.3, 0.4) is 0 Å². The smallest absolute Gasteiger partial charge is 0.306 e. The molecule has 1 amide bonds. The van der Waals surface area contributed by atoms with Crippen molar-refractivity contribution in [3.8, 4) is 17.0 Å². The fourth-order valence-corrected chi connectivity index (χ4v) is 5.56. The van der Waals surface area contributed by atoms with Crippen LogP contribution in [0, 0.1) is 6.92 Å². The van der Waals surface area contributed by atoms with Crippen LogP contribution in [0.25, 0.3) is 22.2 Å². The Morgan fingerprint density at radius 2 is 1.83 bits per heavy atom. The van der Waals surface area contributed by atoms with Gasteiger partial charge in [0.15, 0.2) is 5.75 Å². The Kier molecular flexibility index (Phi) is 6.30. The van der Waals surface area contributed by atoms with Crippen LogP contribution in [-0.4, -0.2) is 79.8 Å². The van der Waals surface area contributed by atoms with Crippen LogP contribution in [-0.2, 0) is 23.2 Å². The summed E-state index contributed by atoms with van der Waals surface area (Å²) >= 11 is 0.